The number of hydrogen-bond donors (Lipinski definition) is 1. The van der Waals surface area contributed by atoms with Crippen LogP contribution in [0.1, 0.15) is 19.4 Å². The fourth-order valence-corrected chi connectivity index (χ4v) is 1.21. The summed E-state index contributed by atoms with van der Waals surface area (Å²) >= 11 is 5.78. The number of hydrogen-bond acceptors (Lipinski definition) is 2. The van der Waals surface area contributed by atoms with E-state index in [4.69, 9.17) is 22.1 Å². The highest BCUT2D eigenvalue weighted by molar-refractivity contribution is 6.30. The molecule has 0 saturated heterocycles. The van der Waals surface area contributed by atoms with Crippen molar-refractivity contribution in [3.8, 4) is 0 Å². The molecule has 1 aromatic carbocycles. The maximum Gasteiger partial charge on any atom is 0.0717 e. The van der Waals surface area contributed by atoms with Crippen molar-refractivity contribution in [2.24, 2.45) is 11.1 Å². The molecule has 0 fully saturated rings. The van der Waals surface area contributed by atoms with Gasteiger partial charge in [0.15, 0.2) is 0 Å². The first-order chi connectivity index (χ1) is 7.03. The monoisotopic (exact) mass is 227 g/mol. The molecule has 0 amide bonds. The summed E-state index contributed by atoms with van der Waals surface area (Å²) in [6.07, 6.45) is 0. The van der Waals surface area contributed by atoms with E-state index in [0.717, 1.165) is 10.6 Å². The van der Waals surface area contributed by atoms with Crippen molar-refractivity contribution in [1.29, 1.82) is 0 Å². The van der Waals surface area contributed by atoms with Crippen LogP contribution in [0.3, 0.4) is 0 Å². The summed E-state index contributed by atoms with van der Waals surface area (Å²) in [5.41, 5.74) is 6.79. The van der Waals surface area contributed by atoms with Gasteiger partial charge in [-0.05, 0) is 24.2 Å². The van der Waals surface area contributed by atoms with E-state index < -0.39 is 0 Å². The zero-order chi connectivity index (χ0) is 11.3. The molecule has 15 heavy (non-hydrogen) atoms. The van der Waals surface area contributed by atoms with Gasteiger partial charge in [-0.15, -0.1) is 0 Å². The largest absolute Gasteiger partial charge is 0.376 e. The van der Waals surface area contributed by atoms with Gasteiger partial charge in [-0.2, -0.15) is 0 Å². The third kappa shape index (κ3) is 4.65. The van der Waals surface area contributed by atoms with Gasteiger partial charge in [0.2, 0.25) is 0 Å². The first-order valence-electron chi connectivity index (χ1n) is 5.06. The van der Waals surface area contributed by atoms with Gasteiger partial charge in [-0.1, -0.05) is 37.6 Å². The van der Waals surface area contributed by atoms with Crippen molar-refractivity contribution < 1.29 is 4.74 Å². The second-order valence-corrected chi connectivity index (χ2v) is 4.92. The smallest absolute Gasteiger partial charge is 0.0717 e. The van der Waals surface area contributed by atoms with Gasteiger partial charge in [0.1, 0.15) is 0 Å². The quantitative estimate of drug-likeness (QED) is 0.840. The van der Waals surface area contributed by atoms with Crippen molar-refractivity contribution >= 4 is 11.6 Å². The van der Waals surface area contributed by atoms with Gasteiger partial charge in [0, 0.05) is 10.4 Å². The SMILES string of the molecule is CC(C)(CN)COCc1ccc(Cl)cc1. The minimum Gasteiger partial charge on any atom is -0.376 e. The predicted octanol–water partition coefficient (Wildman–Crippen LogP) is 2.84. The molecule has 0 aromatic heterocycles. The zero-order valence-corrected chi connectivity index (χ0v) is 10.1. The van der Waals surface area contributed by atoms with Gasteiger partial charge < -0.3 is 10.5 Å². The maximum absolute atomic E-state index is 5.78. The van der Waals surface area contributed by atoms with E-state index in [2.05, 4.69) is 13.8 Å². The van der Waals surface area contributed by atoms with Crippen LogP contribution in [0.25, 0.3) is 0 Å². The highest BCUT2D eigenvalue weighted by atomic mass is 35.5. The number of benzene rings is 1. The number of nitrogens with two attached hydrogens (primary N) is 1. The summed E-state index contributed by atoms with van der Waals surface area (Å²) in [5.74, 6) is 0. The molecule has 2 N–H and O–H groups in total. The topological polar surface area (TPSA) is 35.2 Å². The van der Waals surface area contributed by atoms with Crippen molar-refractivity contribution in [3.63, 3.8) is 0 Å². The van der Waals surface area contributed by atoms with Crippen LogP contribution in [-0.4, -0.2) is 13.2 Å². The Hall–Kier alpha value is -0.570. The van der Waals surface area contributed by atoms with Crippen molar-refractivity contribution in [2.45, 2.75) is 20.5 Å². The fourth-order valence-electron chi connectivity index (χ4n) is 1.08. The van der Waals surface area contributed by atoms with E-state index in [1.165, 1.54) is 0 Å². The van der Waals surface area contributed by atoms with Gasteiger partial charge in [-0.25, -0.2) is 0 Å². The van der Waals surface area contributed by atoms with Crippen LogP contribution in [0.15, 0.2) is 24.3 Å². The van der Waals surface area contributed by atoms with E-state index in [0.29, 0.717) is 19.8 Å². The Morgan fingerprint density at radius 3 is 2.40 bits per heavy atom. The van der Waals surface area contributed by atoms with Gasteiger partial charge in [0.25, 0.3) is 0 Å². The molecule has 0 spiro atoms. The van der Waals surface area contributed by atoms with Crippen LogP contribution < -0.4 is 5.73 Å². The van der Waals surface area contributed by atoms with Crippen molar-refractivity contribution in [3.05, 3.63) is 34.9 Å². The van der Waals surface area contributed by atoms with Gasteiger partial charge in [0.05, 0.1) is 13.2 Å². The van der Waals surface area contributed by atoms with Crippen LogP contribution in [0.5, 0.6) is 0 Å². The molecule has 0 saturated carbocycles. The second-order valence-electron chi connectivity index (χ2n) is 4.49. The molecule has 3 heteroatoms. The summed E-state index contributed by atoms with van der Waals surface area (Å²) in [5, 5.41) is 0.751. The molecule has 0 aliphatic rings. The average molecular weight is 228 g/mol. The lowest BCUT2D eigenvalue weighted by Crippen LogP contribution is -2.28. The molecule has 1 rings (SSSR count). The average Bonchev–Trinajstić information content (AvgIpc) is 2.21. The molecular formula is C12H18ClNO. The lowest BCUT2D eigenvalue weighted by Gasteiger charge is -2.21. The molecule has 0 bridgehead atoms. The Labute approximate surface area is 96.4 Å². The van der Waals surface area contributed by atoms with Crippen molar-refractivity contribution in [1.82, 2.24) is 0 Å². The first-order valence-corrected chi connectivity index (χ1v) is 5.43. The van der Waals surface area contributed by atoms with E-state index in [9.17, 15) is 0 Å². The highest BCUT2D eigenvalue weighted by Gasteiger charge is 2.15. The summed E-state index contributed by atoms with van der Waals surface area (Å²) in [6, 6.07) is 7.68. The predicted molar refractivity (Wildman–Crippen MR) is 63.9 cm³/mol. The maximum atomic E-state index is 5.78. The van der Waals surface area contributed by atoms with Crippen LogP contribution in [0.2, 0.25) is 5.02 Å². The third-order valence-electron chi connectivity index (χ3n) is 2.23. The standard InChI is InChI=1S/C12H18ClNO/c1-12(2,8-14)9-15-7-10-3-5-11(13)6-4-10/h3-6H,7-9,14H2,1-2H3. The lowest BCUT2D eigenvalue weighted by atomic mass is 9.95. The van der Waals surface area contributed by atoms with Crippen molar-refractivity contribution in [2.75, 3.05) is 13.2 Å². The summed E-state index contributed by atoms with van der Waals surface area (Å²) in [4.78, 5) is 0. The van der Waals surface area contributed by atoms with Gasteiger partial charge in [-0.3, -0.25) is 0 Å². The lowest BCUT2D eigenvalue weighted by molar-refractivity contribution is 0.0553. The number of halogens is 1. The molecule has 84 valence electrons. The molecule has 0 aliphatic heterocycles. The first kappa shape index (κ1) is 12.5. The number of rotatable bonds is 5. The van der Waals surface area contributed by atoms with Crippen LogP contribution >= 0.6 is 11.6 Å². The summed E-state index contributed by atoms with van der Waals surface area (Å²) in [6.45, 7) is 6.10. The molecule has 0 atom stereocenters. The Kier molecular flexibility index (Phi) is 4.58. The Balaban J connectivity index is 2.35. The van der Waals surface area contributed by atoms with Crippen LogP contribution in [-0.2, 0) is 11.3 Å². The summed E-state index contributed by atoms with van der Waals surface area (Å²) < 4.78 is 5.59. The van der Waals surface area contributed by atoms with E-state index >= 15 is 0 Å². The molecule has 0 aliphatic carbocycles. The molecule has 0 heterocycles. The number of ether oxygens (including phenoxy) is 1. The van der Waals surface area contributed by atoms with Crippen LogP contribution in [0.4, 0.5) is 0 Å². The van der Waals surface area contributed by atoms with E-state index in [-0.39, 0.29) is 5.41 Å². The van der Waals surface area contributed by atoms with E-state index in [1.54, 1.807) is 0 Å². The minimum absolute atomic E-state index is 0.0480. The fraction of sp³-hybridized carbons (Fsp3) is 0.500. The second kappa shape index (κ2) is 5.50. The third-order valence-corrected chi connectivity index (χ3v) is 2.48. The molecular weight excluding hydrogens is 210 g/mol. The molecule has 2 nitrogen and oxygen atoms in total. The van der Waals surface area contributed by atoms with Gasteiger partial charge >= 0.3 is 0 Å². The normalized spacial score (nSPS) is 11.7. The Morgan fingerprint density at radius 2 is 1.87 bits per heavy atom. The van der Waals surface area contributed by atoms with E-state index in [1.807, 2.05) is 24.3 Å². The zero-order valence-electron chi connectivity index (χ0n) is 9.29. The summed E-state index contributed by atoms with van der Waals surface area (Å²) in [7, 11) is 0. The minimum atomic E-state index is 0.0480. The molecule has 0 unspecified atom stereocenters. The molecule has 1 aromatic rings. The Morgan fingerprint density at radius 1 is 1.27 bits per heavy atom. The highest BCUT2D eigenvalue weighted by Crippen LogP contribution is 2.15. The Bertz CT molecular complexity index is 295. The molecule has 0 radical (unpaired) electrons. The van der Waals surface area contributed by atoms with Crippen LogP contribution in [0, 0.1) is 5.41 Å².